The van der Waals surface area contributed by atoms with E-state index in [0.29, 0.717) is 5.75 Å². The normalized spacial score (nSPS) is 16.5. The molecule has 0 aliphatic carbocycles. The van der Waals surface area contributed by atoms with Crippen molar-refractivity contribution in [3.8, 4) is 0 Å². The number of hydrogen-bond acceptors (Lipinski definition) is 4. The first-order chi connectivity index (χ1) is 13.7. The van der Waals surface area contributed by atoms with Gasteiger partial charge < -0.3 is 10.1 Å². The van der Waals surface area contributed by atoms with Crippen molar-refractivity contribution in [1.29, 1.82) is 0 Å². The van der Waals surface area contributed by atoms with Crippen LogP contribution in [-0.2, 0) is 14.3 Å². The van der Waals surface area contributed by atoms with E-state index < -0.39 is 22.9 Å². The van der Waals surface area contributed by atoms with Gasteiger partial charge in [-0.3, -0.25) is 0 Å². The van der Waals surface area contributed by atoms with Gasteiger partial charge in [-0.05, 0) is 16.7 Å². The molecule has 0 aromatic heterocycles. The first-order valence-electron chi connectivity index (χ1n) is 9.03. The Balaban J connectivity index is 1.83. The van der Waals surface area contributed by atoms with E-state index in [-0.39, 0.29) is 0 Å². The molecule has 0 saturated carbocycles. The number of nitrogens with one attached hydrogen (secondary N) is 1. The number of rotatable bonds is 6. The minimum atomic E-state index is -0.680. The standard InChI is InChI=1S/C23H19NO3S/c25-21-20(24-22(26)27-21)16-28-23(17-10-4-1-5-11-17,18-12-6-2-7-13-18)19-14-8-3-9-15-19/h1-15,20H,16H2,(H,24,26)/t20-/m0/s1. The number of ether oxygens (including phenoxy) is 1. The van der Waals surface area contributed by atoms with Gasteiger partial charge in [0.1, 0.15) is 6.04 Å². The lowest BCUT2D eigenvalue weighted by molar-refractivity contribution is -0.134. The van der Waals surface area contributed by atoms with Crippen LogP contribution in [0.25, 0.3) is 0 Å². The van der Waals surface area contributed by atoms with Gasteiger partial charge >= 0.3 is 12.1 Å². The first-order valence-corrected chi connectivity index (χ1v) is 10.0. The summed E-state index contributed by atoms with van der Waals surface area (Å²) in [7, 11) is 0. The number of cyclic esters (lactones) is 2. The molecule has 1 aliphatic rings. The Hall–Kier alpha value is -3.05. The molecule has 0 radical (unpaired) electrons. The van der Waals surface area contributed by atoms with Gasteiger partial charge in [0.2, 0.25) is 0 Å². The van der Waals surface area contributed by atoms with Crippen molar-refractivity contribution < 1.29 is 14.3 Å². The zero-order valence-corrected chi connectivity index (χ0v) is 15.9. The van der Waals surface area contributed by atoms with Crippen LogP contribution >= 0.6 is 11.8 Å². The first kappa shape index (κ1) is 18.3. The lowest BCUT2D eigenvalue weighted by atomic mass is 9.84. The quantitative estimate of drug-likeness (QED) is 0.387. The molecule has 1 atom stereocenters. The fourth-order valence-corrected chi connectivity index (χ4v) is 5.02. The van der Waals surface area contributed by atoms with E-state index in [0.717, 1.165) is 16.7 Å². The van der Waals surface area contributed by atoms with Gasteiger partial charge in [-0.1, -0.05) is 91.0 Å². The maximum Gasteiger partial charge on any atom is 0.415 e. The number of carbonyl (C=O) groups excluding carboxylic acids is 2. The van der Waals surface area contributed by atoms with Gasteiger partial charge in [-0.2, -0.15) is 0 Å². The predicted octanol–water partition coefficient (Wildman–Crippen LogP) is 4.35. The Morgan fingerprint density at radius 2 is 1.18 bits per heavy atom. The van der Waals surface area contributed by atoms with Gasteiger partial charge in [0.25, 0.3) is 0 Å². The van der Waals surface area contributed by atoms with E-state index in [9.17, 15) is 9.59 Å². The van der Waals surface area contributed by atoms with E-state index in [1.165, 1.54) is 0 Å². The highest BCUT2D eigenvalue weighted by Gasteiger charge is 2.40. The van der Waals surface area contributed by atoms with E-state index in [1.54, 1.807) is 11.8 Å². The third-order valence-electron chi connectivity index (χ3n) is 4.78. The monoisotopic (exact) mass is 389 g/mol. The summed E-state index contributed by atoms with van der Waals surface area (Å²) >= 11 is 1.62. The second-order valence-corrected chi connectivity index (χ2v) is 7.73. The van der Waals surface area contributed by atoms with Crippen LogP contribution in [0.4, 0.5) is 4.79 Å². The Kier molecular flexibility index (Phi) is 5.17. The average Bonchev–Trinajstić information content (AvgIpc) is 3.08. The van der Waals surface area contributed by atoms with Crippen molar-refractivity contribution in [3.63, 3.8) is 0 Å². The van der Waals surface area contributed by atoms with Crippen molar-refractivity contribution in [2.45, 2.75) is 10.8 Å². The number of esters is 1. The Morgan fingerprint density at radius 1 is 0.750 bits per heavy atom. The summed E-state index contributed by atoms with van der Waals surface area (Å²) in [6.45, 7) is 0. The maximum atomic E-state index is 12.0. The molecule has 3 aromatic carbocycles. The SMILES string of the molecule is O=C1N[C@@H](CSC(c2ccccc2)(c2ccccc2)c2ccccc2)C(=O)O1. The van der Waals surface area contributed by atoms with E-state index >= 15 is 0 Å². The fourth-order valence-electron chi connectivity index (χ4n) is 3.48. The molecule has 1 N–H and O–H groups in total. The highest BCUT2D eigenvalue weighted by molar-refractivity contribution is 8.00. The summed E-state index contributed by atoms with van der Waals surface area (Å²) in [5.74, 6) is -0.135. The van der Waals surface area contributed by atoms with E-state index in [1.807, 2.05) is 54.6 Å². The van der Waals surface area contributed by atoms with Crippen LogP contribution in [0.5, 0.6) is 0 Å². The van der Waals surface area contributed by atoms with Crippen molar-refractivity contribution in [2.75, 3.05) is 5.75 Å². The van der Waals surface area contributed by atoms with Gasteiger partial charge in [0.05, 0.1) is 4.75 Å². The fraction of sp³-hybridized carbons (Fsp3) is 0.130. The third kappa shape index (κ3) is 3.41. The predicted molar refractivity (Wildman–Crippen MR) is 110 cm³/mol. The highest BCUT2D eigenvalue weighted by Crippen LogP contribution is 2.48. The number of amides is 1. The number of benzene rings is 3. The van der Waals surface area contributed by atoms with E-state index in [2.05, 4.69) is 46.5 Å². The molecule has 1 heterocycles. The van der Waals surface area contributed by atoms with Crippen LogP contribution in [0, 0.1) is 0 Å². The molecule has 1 saturated heterocycles. The summed E-state index contributed by atoms with van der Waals surface area (Å²) in [5, 5.41) is 2.60. The summed E-state index contributed by atoms with van der Waals surface area (Å²) < 4.78 is 4.12. The number of alkyl carbamates (subject to hydrolysis) is 1. The molecule has 4 rings (SSSR count). The molecule has 3 aromatic rings. The Labute approximate surface area is 167 Å². The topological polar surface area (TPSA) is 55.4 Å². The molecule has 0 bridgehead atoms. The molecule has 1 amide bonds. The van der Waals surface area contributed by atoms with Crippen LogP contribution in [0.15, 0.2) is 91.0 Å². The van der Waals surface area contributed by atoms with Crippen molar-refractivity contribution >= 4 is 23.8 Å². The highest BCUT2D eigenvalue weighted by atomic mass is 32.2. The van der Waals surface area contributed by atoms with Crippen LogP contribution in [0.1, 0.15) is 16.7 Å². The second-order valence-electron chi connectivity index (χ2n) is 6.50. The molecule has 1 aliphatic heterocycles. The lowest BCUT2D eigenvalue weighted by Crippen LogP contribution is -2.35. The summed E-state index contributed by atoms with van der Waals surface area (Å²) in [6.07, 6.45) is -0.680. The molecule has 0 spiro atoms. The summed E-state index contributed by atoms with van der Waals surface area (Å²) in [5.41, 5.74) is 3.32. The van der Waals surface area contributed by atoms with Gasteiger partial charge in [0.15, 0.2) is 0 Å². The van der Waals surface area contributed by atoms with Crippen LogP contribution in [-0.4, -0.2) is 23.9 Å². The number of thioether (sulfide) groups is 1. The van der Waals surface area contributed by atoms with Gasteiger partial charge in [0, 0.05) is 5.75 Å². The molecular formula is C23H19NO3S. The van der Waals surface area contributed by atoms with E-state index in [4.69, 9.17) is 0 Å². The second kappa shape index (κ2) is 7.90. The van der Waals surface area contributed by atoms with Crippen LogP contribution in [0.2, 0.25) is 0 Å². The minimum Gasteiger partial charge on any atom is -0.375 e. The Bertz CT molecular complexity index is 864. The van der Waals surface area contributed by atoms with Gasteiger partial charge in [-0.15, -0.1) is 11.8 Å². The molecule has 1 fully saturated rings. The average molecular weight is 389 g/mol. The maximum absolute atomic E-state index is 12.0. The van der Waals surface area contributed by atoms with Crippen molar-refractivity contribution in [1.82, 2.24) is 5.32 Å². The zero-order chi connectivity index (χ0) is 19.4. The molecule has 4 nitrogen and oxygen atoms in total. The molecule has 5 heteroatoms. The lowest BCUT2D eigenvalue weighted by Gasteiger charge is -2.36. The zero-order valence-electron chi connectivity index (χ0n) is 15.1. The van der Waals surface area contributed by atoms with Crippen LogP contribution < -0.4 is 5.32 Å². The summed E-state index contributed by atoms with van der Waals surface area (Å²) in [6, 6.07) is 30.0. The van der Waals surface area contributed by atoms with Crippen LogP contribution in [0.3, 0.4) is 0 Å². The summed E-state index contributed by atoms with van der Waals surface area (Å²) in [4.78, 5) is 23.4. The van der Waals surface area contributed by atoms with Crippen molar-refractivity contribution in [2.24, 2.45) is 0 Å². The third-order valence-corrected chi connectivity index (χ3v) is 6.42. The minimum absolute atomic E-state index is 0.392. The largest absolute Gasteiger partial charge is 0.415 e. The molecule has 0 unspecified atom stereocenters. The van der Waals surface area contributed by atoms with Crippen molar-refractivity contribution in [3.05, 3.63) is 108 Å². The molecule has 140 valence electrons. The smallest absolute Gasteiger partial charge is 0.375 e. The number of hydrogen-bond donors (Lipinski definition) is 1. The molecular weight excluding hydrogens is 370 g/mol. The van der Waals surface area contributed by atoms with Gasteiger partial charge in [-0.25, -0.2) is 9.59 Å². The molecule has 28 heavy (non-hydrogen) atoms. The number of carbonyl (C=O) groups is 2. The Morgan fingerprint density at radius 3 is 1.54 bits per heavy atom.